The van der Waals surface area contributed by atoms with Crippen LogP contribution in [-0.2, 0) is 4.79 Å². The molecular weight excluding hydrogens is 188 g/mol. The van der Waals surface area contributed by atoms with Crippen molar-refractivity contribution in [3.8, 4) is 0 Å². The van der Waals surface area contributed by atoms with Gasteiger partial charge in [0.15, 0.2) is 0 Å². The molecule has 6 nitrogen and oxygen atoms in total. The molecule has 0 aliphatic carbocycles. The normalized spacial score (nSPS) is 11.9. The Labute approximate surface area is 82.3 Å². The summed E-state index contributed by atoms with van der Waals surface area (Å²) in [5.41, 5.74) is 0. The van der Waals surface area contributed by atoms with Crippen LogP contribution >= 0.6 is 0 Å². The lowest BCUT2D eigenvalue weighted by atomic mass is 10.2. The van der Waals surface area contributed by atoms with Gasteiger partial charge in [0.2, 0.25) is 0 Å². The zero-order chi connectivity index (χ0) is 11.0. The number of carboxylic acid groups (broad SMARTS) is 1. The van der Waals surface area contributed by atoms with Crippen molar-refractivity contribution in [2.75, 3.05) is 13.2 Å². The fourth-order valence-corrected chi connectivity index (χ4v) is 0.834. The Bertz CT molecular complexity index is 196. The summed E-state index contributed by atoms with van der Waals surface area (Å²) in [4.78, 5) is 21.6. The fraction of sp³-hybridized carbons (Fsp3) is 0.750. The number of hydrogen-bond acceptors (Lipinski definition) is 3. The third kappa shape index (κ3) is 5.36. The monoisotopic (exact) mass is 204 g/mol. The first-order valence-corrected chi connectivity index (χ1v) is 4.49. The SMILES string of the molecule is CCCNC(=O)NC(CCO)C(=O)O. The van der Waals surface area contributed by atoms with Crippen molar-refractivity contribution in [3.63, 3.8) is 0 Å². The summed E-state index contributed by atoms with van der Waals surface area (Å²) in [7, 11) is 0. The summed E-state index contributed by atoms with van der Waals surface area (Å²) < 4.78 is 0. The maximum atomic E-state index is 11.0. The molecule has 0 aromatic carbocycles. The van der Waals surface area contributed by atoms with Crippen molar-refractivity contribution < 1.29 is 19.8 Å². The molecule has 14 heavy (non-hydrogen) atoms. The van der Waals surface area contributed by atoms with E-state index in [4.69, 9.17) is 10.2 Å². The lowest BCUT2D eigenvalue weighted by molar-refractivity contribution is -0.139. The van der Waals surface area contributed by atoms with Crippen LogP contribution in [0.15, 0.2) is 0 Å². The van der Waals surface area contributed by atoms with Gasteiger partial charge < -0.3 is 20.8 Å². The number of hydrogen-bond donors (Lipinski definition) is 4. The Morgan fingerprint density at radius 3 is 2.50 bits per heavy atom. The highest BCUT2D eigenvalue weighted by molar-refractivity contribution is 5.82. The molecule has 0 aliphatic heterocycles. The van der Waals surface area contributed by atoms with Gasteiger partial charge in [-0.05, 0) is 6.42 Å². The largest absolute Gasteiger partial charge is 0.480 e. The van der Waals surface area contributed by atoms with E-state index in [-0.39, 0.29) is 13.0 Å². The third-order valence-electron chi connectivity index (χ3n) is 1.56. The van der Waals surface area contributed by atoms with Crippen LogP contribution in [0.3, 0.4) is 0 Å². The molecule has 6 heteroatoms. The second-order valence-corrected chi connectivity index (χ2v) is 2.80. The molecule has 0 fully saturated rings. The highest BCUT2D eigenvalue weighted by atomic mass is 16.4. The molecule has 0 aromatic rings. The van der Waals surface area contributed by atoms with Crippen molar-refractivity contribution in [1.82, 2.24) is 10.6 Å². The quantitative estimate of drug-likeness (QED) is 0.470. The van der Waals surface area contributed by atoms with E-state index in [0.717, 1.165) is 6.42 Å². The Hall–Kier alpha value is -1.30. The minimum Gasteiger partial charge on any atom is -0.480 e. The van der Waals surface area contributed by atoms with Crippen molar-refractivity contribution in [1.29, 1.82) is 0 Å². The van der Waals surface area contributed by atoms with Gasteiger partial charge in [-0.1, -0.05) is 6.92 Å². The van der Waals surface area contributed by atoms with E-state index in [1.807, 2.05) is 6.92 Å². The third-order valence-corrected chi connectivity index (χ3v) is 1.56. The summed E-state index contributed by atoms with van der Waals surface area (Å²) in [5.74, 6) is -1.15. The van der Waals surface area contributed by atoms with Gasteiger partial charge in [-0.15, -0.1) is 0 Å². The van der Waals surface area contributed by atoms with E-state index in [1.54, 1.807) is 0 Å². The Morgan fingerprint density at radius 1 is 1.43 bits per heavy atom. The Kier molecular flexibility index (Phi) is 6.47. The van der Waals surface area contributed by atoms with Gasteiger partial charge in [0.05, 0.1) is 0 Å². The van der Waals surface area contributed by atoms with E-state index < -0.39 is 18.0 Å². The number of amides is 2. The summed E-state index contributed by atoms with van der Waals surface area (Å²) in [6, 6.07) is -1.55. The molecule has 0 saturated heterocycles. The minimum absolute atomic E-state index is 0.00881. The van der Waals surface area contributed by atoms with Crippen LogP contribution in [0.5, 0.6) is 0 Å². The molecule has 0 bridgehead atoms. The fourth-order valence-electron chi connectivity index (χ4n) is 0.834. The first-order valence-electron chi connectivity index (χ1n) is 4.49. The maximum Gasteiger partial charge on any atom is 0.326 e. The molecule has 0 aromatic heterocycles. The average molecular weight is 204 g/mol. The number of carbonyl (C=O) groups is 2. The van der Waals surface area contributed by atoms with E-state index >= 15 is 0 Å². The number of rotatable bonds is 6. The number of nitrogens with one attached hydrogen (secondary N) is 2. The van der Waals surface area contributed by atoms with Gasteiger partial charge in [0.25, 0.3) is 0 Å². The van der Waals surface area contributed by atoms with Gasteiger partial charge in [-0.25, -0.2) is 9.59 Å². The lowest BCUT2D eigenvalue weighted by Crippen LogP contribution is -2.46. The topological polar surface area (TPSA) is 98.7 Å². The maximum absolute atomic E-state index is 11.0. The van der Waals surface area contributed by atoms with Crippen molar-refractivity contribution in [2.45, 2.75) is 25.8 Å². The van der Waals surface area contributed by atoms with Crippen molar-refractivity contribution in [3.05, 3.63) is 0 Å². The van der Waals surface area contributed by atoms with Crippen LogP contribution in [0.25, 0.3) is 0 Å². The number of aliphatic hydroxyl groups is 1. The Morgan fingerprint density at radius 2 is 2.07 bits per heavy atom. The lowest BCUT2D eigenvalue weighted by Gasteiger charge is -2.13. The van der Waals surface area contributed by atoms with E-state index in [2.05, 4.69) is 10.6 Å². The van der Waals surface area contributed by atoms with Crippen LogP contribution < -0.4 is 10.6 Å². The molecule has 0 spiro atoms. The molecule has 0 saturated carbocycles. The second-order valence-electron chi connectivity index (χ2n) is 2.80. The van der Waals surface area contributed by atoms with Crippen molar-refractivity contribution >= 4 is 12.0 Å². The molecule has 1 atom stereocenters. The van der Waals surface area contributed by atoms with Crippen LogP contribution in [0, 0.1) is 0 Å². The molecule has 0 rings (SSSR count). The standard InChI is InChI=1S/C8H16N2O4/c1-2-4-9-8(14)10-6(3-5-11)7(12)13/h6,11H,2-5H2,1H3,(H,12,13)(H2,9,10,14). The van der Waals surface area contributed by atoms with E-state index in [1.165, 1.54) is 0 Å². The molecular formula is C8H16N2O4. The van der Waals surface area contributed by atoms with Crippen molar-refractivity contribution in [2.24, 2.45) is 0 Å². The predicted octanol–water partition coefficient (Wildman–Crippen LogP) is -0.469. The van der Waals surface area contributed by atoms with E-state index in [0.29, 0.717) is 6.54 Å². The minimum atomic E-state index is -1.15. The summed E-state index contributed by atoms with van der Waals surface area (Å²) in [6.07, 6.45) is 0.792. The van der Waals surface area contributed by atoms with Crippen LogP contribution in [0.4, 0.5) is 4.79 Å². The number of carboxylic acids is 1. The average Bonchev–Trinajstić information content (AvgIpc) is 2.14. The van der Waals surface area contributed by atoms with Gasteiger partial charge in [0.1, 0.15) is 6.04 Å². The molecule has 2 amide bonds. The first kappa shape index (κ1) is 12.7. The predicted molar refractivity (Wildman–Crippen MR) is 50.0 cm³/mol. The van der Waals surface area contributed by atoms with Crippen LogP contribution in [0.1, 0.15) is 19.8 Å². The van der Waals surface area contributed by atoms with Gasteiger partial charge in [-0.2, -0.15) is 0 Å². The van der Waals surface area contributed by atoms with Gasteiger partial charge >= 0.3 is 12.0 Å². The summed E-state index contributed by atoms with van der Waals surface area (Å²) >= 11 is 0. The molecule has 0 aliphatic rings. The molecule has 1 unspecified atom stereocenters. The molecule has 0 radical (unpaired) electrons. The smallest absolute Gasteiger partial charge is 0.326 e. The number of carbonyl (C=O) groups excluding carboxylic acids is 1. The zero-order valence-electron chi connectivity index (χ0n) is 8.12. The highest BCUT2D eigenvalue weighted by Crippen LogP contribution is 1.90. The first-order chi connectivity index (χ1) is 6.61. The molecule has 82 valence electrons. The summed E-state index contributed by atoms with van der Waals surface area (Å²) in [6.45, 7) is 2.12. The molecule has 4 N–H and O–H groups in total. The Balaban J connectivity index is 3.90. The number of aliphatic hydroxyl groups excluding tert-OH is 1. The van der Waals surface area contributed by atoms with Gasteiger partial charge in [-0.3, -0.25) is 0 Å². The second kappa shape index (κ2) is 7.14. The zero-order valence-corrected chi connectivity index (χ0v) is 8.12. The van der Waals surface area contributed by atoms with E-state index in [9.17, 15) is 9.59 Å². The van der Waals surface area contributed by atoms with Crippen LogP contribution in [0.2, 0.25) is 0 Å². The summed E-state index contributed by atoms with van der Waals surface area (Å²) in [5, 5.41) is 21.9. The number of urea groups is 1. The molecule has 0 heterocycles. The number of aliphatic carboxylic acids is 1. The van der Waals surface area contributed by atoms with Crippen LogP contribution in [-0.4, -0.2) is 41.4 Å². The highest BCUT2D eigenvalue weighted by Gasteiger charge is 2.18. The van der Waals surface area contributed by atoms with Gasteiger partial charge in [0, 0.05) is 19.6 Å².